The highest BCUT2D eigenvalue weighted by Gasteiger charge is 2.26. The van der Waals surface area contributed by atoms with Gasteiger partial charge < -0.3 is 15.4 Å². The van der Waals surface area contributed by atoms with E-state index in [1.807, 2.05) is 6.92 Å². The molecule has 4 heteroatoms. The molecule has 0 aromatic rings. The van der Waals surface area contributed by atoms with Crippen molar-refractivity contribution in [3.63, 3.8) is 0 Å². The second-order valence-electron chi connectivity index (χ2n) is 4.88. The number of rotatable bonds is 4. The van der Waals surface area contributed by atoms with Gasteiger partial charge in [0.25, 0.3) is 0 Å². The highest BCUT2D eigenvalue weighted by atomic mass is 16.5. The van der Waals surface area contributed by atoms with E-state index in [0.29, 0.717) is 18.1 Å². The lowest BCUT2D eigenvalue weighted by Crippen LogP contribution is -2.49. The lowest BCUT2D eigenvalue weighted by molar-refractivity contribution is -0.122. The summed E-state index contributed by atoms with van der Waals surface area (Å²) in [6.07, 6.45) is 2.31. The molecule has 0 aromatic carbocycles. The molecule has 0 aliphatic carbocycles. The summed E-state index contributed by atoms with van der Waals surface area (Å²) in [5.74, 6) is 0.590. The van der Waals surface area contributed by atoms with E-state index in [1.54, 1.807) is 7.05 Å². The van der Waals surface area contributed by atoms with Gasteiger partial charge in [0.15, 0.2) is 0 Å². The van der Waals surface area contributed by atoms with Gasteiger partial charge in [0.1, 0.15) is 0 Å². The Hall–Kier alpha value is -0.610. The lowest BCUT2D eigenvalue weighted by Gasteiger charge is -2.33. The van der Waals surface area contributed by atoms with Gasteiger partial charge >= 0.3 is 0 Å². The highest BCUT2D eigenvalue weighted by molar-refractivity contribution is 5.80. The van der Waals surface area contributed by atoms with Crippen LogP contribution in [-0.4, -0.2) is 37.7 Å². The smallest absolute Gasteiger partial charge is 0.236 e. The summed E-state index contributed by atoms with van der Waals surface area (Å²) in [6, 6.07) is 0.273. The zero-order valence-electron chi connectivity index (χ0n) is 10.7. The monoisotopic (exact) mass is 228 g/mol. The van der Waals surface area contributed by atoms with Crippen molar-refractivity contribution in [1.82, 2.24) is 10.6 Å². The second kappa shape index (κ2) is 6.21. The minimum atomic E-state index is -0.124. The Balaban J connectivity index is 2.39. The number of hydrogen-bond acceptors (Lipinski definition) is 3. The van der Waals surface area contributed by atoms with Crippen LogP contribution < -0.4 is 10.6 Å². The maximum atomic E-state index is 11.4. The molecule has 0 radical (unpaired) electrons. The number of carbonyl (C=O) groups is 1. The molecule has 3 unspecified atom stereocenters. The van der Waals surface area contributed by atoms with Gasteiger partial charge in [-0.3, -0.25) is 4.79 Å². The van der Waals surface area contributed by atoms with Gasteiger partial charge in [0, 0.05) is 19.7 Å². The van der Waals surface area contributed by atoms with E-state index < -0.39 is 0 Å². The summed E-state index contributed by atoms with van der Waals surface area (Å²) in [5.41, 5.74) is 0. The number of ether oxygens (including phenoxy) is 1. The Kier molecular flexibility index (Phi) is 5.22. The maximum Gasteiger partial charge on any atom is 0.236 e. The third kappa shape index (κ3) is 3.76. The van der Waals surface area contributed by atoms with Crippen molar-refractivity contribution in [2.45, 2.75) is 51.8 Å². The number of hydrogen-bond donors (Lipinski definition) is 2. The third-order valence-corrected chi connectivity index (χ3v) is 3.18. The van der Waals surface area contributed by atoms with Crippen molar-refractivity contribution in [1.29, 1.82) is 0 Å². The molecular formula is C12H24N2O2. The number of nitrogens with one attached hydrogen (secondary N) is 2. The van der Waals surface area contributed by atoms with E-state index in [1.165, 1.54) is 0 Å². The van der Waals surface area contributed by atoms with Gasteiger partial charge in [0.05, 0.1) is 12.1 Å². The predicted molar refractivity (Wildman–Crippen MR) is 64.3 cm³/mol. The van der Waals surface area contributed by atoms with Crippen LogP contribution in [-0.2, 0) is 9.53 Å². The lowest BCUT2D eigenvalue weighted by atomic mass is 9.95. The van der Waals surface area contributed by atoms with E-state index in [2.05, 4.69) is 24.5 Å². The van der Waals surface area contributed by atoms with E-state index in [9.17, 15) is 4.79 Å². The molecule has 1 aliphatic rings. The van der Waals surface area contributed by atoms with E-state index in [-0.39, 0.29) is 11.9 Å². The van der Waals surface area contributed by atoms with Crippen LogP contribution in [0.4, 0.5) is 0 Å². The molecule has 3 atom stereocenters. The molecule has 0 saturated carbocycles. The van der Waals surface area contributed by atoms with E-state index in [4.69, 9.17) is 4.74 Å². The Morgan fingerprint density at radius 2 is 2.06 bits per heavy atom. The largest absolute Gasteiger partial charge is 0.378 e. The van der Waals surface area contributed by atoms with Gasteiger partial charge in [-0.25, -0.2) is 0 Å². The summed E-state index contributed by atoms with van der Waals surface area (Å²) in [5, 5.41) is 6.02. The fourth-order valence-electron chi connectivity index (χ4n) is 2.09. The van der Waals surface area contributed by atoms with Crippen LogP contribution in [0.15, 0.2) is 0 Å². The van der Waals surface area contributed by atoms with Crippen LogP contribution in [0, 0.1) is 5.92 Å². The number of likely N-dealkylation sites (N-methyl/N-ethyl adjacent to an activating group) is 1. The standard InChI is InChI=1S/C12H24N2O2/c1-8(2)11-7-10(5-6-16-11)14-9(3)12(15)13-4/h8-11,14H,5-7H2,1-4H3,(H,13,15). The van der Waals surface area contributed by atoms with Crippen molar-refractivity contribution in [3.8, 4) is 0 Å². The van der Waals surface area contributed by atoms with E-state index >= 15 is 0 Å². The normalized spacial score (nSPS) is 27.8. The minimum Gasteiger partial charge on any atom is -0.378 e. The minimum absolute atomic E-state index is 0.0487. The Morgan fingerprint density at radius 3 is 2.62 bits per heavy atom. The first-order valence-electron chi connectivity index (χ1n) is 6.13. The Labute approximate surface area is 98.1 Å². The average Bonchev–Trinajstić information content (AvgIpc) is 2.28. The van der Waals surface area contributed by atoms with Crippen LogP contribution in [0.25, 0.3) is 0 Å². The van der Waals surface area contributed by atoms with Gasteiger partial charge in [-0.15, -0.1) is 0 Å². The van der Waals surface area contributed by atoms with Gasteiger partial charge in [0.2, 0.25) is 5.91 Å². The molecule has 0 spiro atoms. The molecule has 0 aromatic heterocycles. The quantitative estimate of drug-likeness (QED) is 0.752. The molecule has 16 heavy (non-hydrogen) atoms. The zero-order chi connectivity index (χ0) is 12.1. The molecular weight excluding hydrogens is 204 g/mol. The first-order chi connectivity index (χ1) is 7.54. The van der Waals surface area contributed by atoms with Crippen molar-refractivity contribution in [2.75, 3.05) is 13.7 Å². The van der Waals surface area contributed by atoms with Crippen molar-refractivity contribution in [2.24, 2.45) is 5.92 Å². The van der Waals surface area contributed by atoms with Gasteiger partial charge in [-0.05, 0) is 25.7 Å². The summed E-state index contributed by atoms with van der Waals surface area (Å²) in [6.45, 7) is 7.05. The molecule has 1 amide bonds. The Bertz CT molecular complexity index is 231. The maximum absolute atomic E-state index is 11.4. The molecule has 1 rings (SSSR count). The second-order valence-corrected chi connectivity index (χ2v) is 4.88. The first-order valence-corrected chi connectivity index (χ1v) is 6.13. The van der Waals surface area contributed by atoms with Crippen molar-refractivity contribution in [3.05, 3.63) is 0 Å². The molecule has 4 nitrogen and oxygen atoms in total. The molecule has 1 heterocycles. The molecule has 2 N–H and O–H groups in total. The molecule has 1 saturated heterocycles. The molecule has 1 fully saturated rings. The zero-order valence-corrected chi connectivity index (χ0v) is 10.7. The van der Waals surface area contributed by atoms with Crippen LogP contribution in [0.2, 0.25) is 0 Å². The number of amides is 1. The highest BCUT2D eigenvalue weighted by Crippen LogP contribution is 2.20. The first kappa shape index (κ1) is 13.5. The summed E-state index contributed by atoms with van der Waals surface area (Å²) in [7, 11) is 1.67. The fraction of sp³-hybridized carbons (Fsp3) is 0.917. The summed E-state index contributed by atoms with van der Waals surface area (Å²) in [4.78, 5) is 11.4. The van der Waals surface area contributed by atoms with Crippen LogP contribution >= 0.6 is 0 Å². The molecule has 0 bridgehead atoms. The van der Waals surface area contributed by atoms with Crippen molar-refractivity contribution < 1.29 is 9.53 Å². The van der Waals surface area contributed by atoms with Gasteiger partial charge in [-0.1, -0.05) is 13.8 Å². The Morgan fingerprint density at radius 1 is 1.38 bits per heavy atom. The van der Waals surface area contributed by atoms with Gasteiger partial charge in [-0.2, -0.15) is 0 Å². The average molecular weight is 228 g/mol. The van der Waals surface area contributed by atoms with Crippen LogP contribution in [0.1, 0.15) is 33.6 Å². The van der Waals surface area contributed by atoms with E-state index in [0.717, 1.165) is 19.4 Å². The SMILES string of the molecule is CNC(=O)C(C)NC1CCOC(C(C)C)C1. The fourth-order valence-corrected chi connectivity index (χ4v) is 2.09. The van der Waals surface area contributed by atoms with Crippen LogP contribution in [0.5, 0.6) is 0 Å². The summed E-state index contributed by atoms with van der Waals surface area (Å²) >= 11 is 0. The third-order valence-electron chi connectivity index (χ3n) is 3.18. The topological polar surface area (TPSA) is 50.4 Å². The number of carbonyl (C=O) groups excluding carboxylic acids is 1. The molecule has 1 aliphatic heterocycles. The predicted octanol–water partition coefficient (Wildman–Crippen LogP) is 0.914. The van der Waals surface area contributed by atoms with Crippen LogP contribution in [0.3, 0.4) is 0 Å². The van der Waals surface area contributed by atoms with Crippen molar-refractivity contribution >= 4 is 5.91 Å². The molecule has 94 valence electrons. The summed E-state index contributed by atoms with van der Waals surface area (Å²) < 4.78 is 5.70.